The largest absolute Gasteiger partial charge is 0.491 e. The summed E-state index contributed by atoms with van der Waals surface area (Å²) in [4.78, 5) is 34.1. The number of carbonyl (C=O) groups excluding carboxylic acids is 2. The summed E-state index contributed by atoms with van der Waals surface area (Å²) in [5, 5.41) is 2.02. The highest BCUT2D eigenvalue weighted by Gasteiger charge is 2.34. The molecular formula is C29H31F2N3O3S. The molecule has 2 amide bonds. The van der Waals surface area contributed by atoms with Crippen LogP contribution in [0, 0.1) is 11.6 Å². The van der Waals surface area contributed by atoms with Crippen molar-refractivity contribution in [2.24, 2.45) is 0 Å². The van der Waals surface area contributed by atoms with Gasteiger partial charge in [-0.3, -0.25) is 9.59 Å². The molecule has 0 aliphatic carbocycles. The molecule has 1 saturated heterocycles. The molecule has 200 valence electrons. The van der Waals surface area contributed by atoms with E-state index in [1.807, 2.05) is 11.4 Å². The Balaban J connectivity index is 1.33. The van der Waals surface area contributed by atoms with E-state index in [0.717, 1.165) is 37.9 Å². The fourth-order valence-corrected chi connectivity index (χ4v) is 6.06. The molecule has 0 N–H and O–H groups in total. The number of fused-ring (bicyclic) bond motifs is 1. The summed E-state index contributed by atoms with van der Waals surface area (Å²) in [5.41, 5.74) is 1.40. The van der Waals surface area contributed by atoms with Crippen LogP contribution in [0.3, 0.4) is 0 Å². The molecule has 9 heteroatoms. The van der Waals surface area contributed by atoms with Gasteiger partial charge in [-0.2, -0.15) is 0 Å². The summed E-state index contributed by atoms with van der Waals surface area (Å²) in [5.74, 6) is -0.673. The van der Waals surface area contributed by atoms with Crippen LogP contribution < -0.4 is 4.74 Å². The van der Waals surface area contributed by atoms with E-state index in [1.54, 1.807) is 33.3 Å². The van der Waals surface area contributed by atoms with Crippen LogP contribution in [0.25, 0.3) is 0 Å². The van der Waals surface area contributed by atoms with Gasteiger partial charge in [-0.15, -0.1) is 11.3 Å². The van der Waals surface area contributed by atoms with Crippen molar-refractivity contribution in [2.75, 3.05) is 45.9 Å². The predicted molar refractivity (Wildman–Crippen MR) is 142 cm³/mol. The third-order valence-corrected chi connectivity index (χ3v) is 8.22. The van der Waals surface area contributed by atoms with Crippen molar-refractivity contribution in [1.29, 1.82) is 0 Å². The standard InChI is InChI=1S/C29H31F2N3O3S/c30-22-5-3-21(4-6-22)29(36)33(17-16-32-13-1-2-14-32)19-28(35)34-15-11-27-25(12-18-38-27)26(34)20-37-24-9-7-23(31)8-10-24/h3-10,12,18,26H,1-2,11,13-17,19-20H2/t26-/m1/s1. The molecule has 1 atom stereocenters. The zero-order valence-corrected chi connectivity index (χ0v) is 22.0. The van der Waals surface area contributed by atoms with Crippen LogP contribution in [0.4, 0.5) is 8.78 Å². The highest BCUT2D eigenvalue weighted by molar-refractivity contribution is 7.10. The number of amides is 2. The van der Waals surface area contributed by atoms with E-state index in [0.29, 0.717) is 30.9 Å². The Morgan fingerprint density at radius 3 is 2.34 bits per heavy atom. The monoisotopic (exact) mass is 539 g/mol. The van der Waals surface area contributed by atoms with Gasteiger partial charge in [-0.05, 0) is 97.9 Å². The number of ether oxygens (including phenoxy) is 1. The molecule has 1 fully saturated rings. The summed E-state index contributed by atoms with van der Waals surface area (Å²) in [7, 11) is 0. The van der Waals surface area contributed by atoms with Crippen LogP contribution in [0.2, 0.25) is 0 Å². The number of nitrogens with zero attached hydrogens (tertiary/aromatic N) is 3. The smallest absolute Gasteiger partial charge is 0.254 e. The summed E-state index contributed by atoms with van der Waals surface area (Å²) in [6.45, 7) is 3.75. The lowest BCUT2D eigenvalue weighted by atomic mass is 10.0. The normalized spacial score (nSPS) is 17.3. The molecule has 3 heterocycles. The van der Waals surface area contributed by atoms with Gasteiger partial charge in [-0.25, -0.2) is 8.78 Å². The van der Waals surface area contributed by atoms with Gasteiger partial charge >= 0.3 is 0 Å². The van der Waals surface area contributed by atoms with Crippen molar-refractivity contribution in [3.63, 3.8) is 0 Å². The molecule has 0 spiro atoms. The van der Waals surface area contributed by atoms with Crippen molar-refractivity contribution >= 4 is 23.2 Å². The minimum absolute atomic E-state index is 0.0728. The molecular weight excluding hydrogens is 508 g/mol. The molecule has 0 bridgehead atoms. The molecule has 3 aromatic rings. The number of rotatable bonds is 9. The average molecular weight is 540 g/mol. The number of halogens is 2. The van der Waals surface area contributed by atoms with Crippen molar-refractivity contribution < 1.29 is 23.1 Å². The molecule has 38 heavy (non-hydrogen) atoms. The summed E-state index contributed by atoms with van der Waals surface area (Å²) in [6.07, 6.45) is 3.01. The first-order chi connectivity index (χ1) is 18.5. The summed E-state index contributed by atoms with van der Waals surface area (Å²) in [6, 6.07) is 13.0. The Labute approximate surface area is 225 Å². The molecule has 6 nitrogen and oxygen atoms in total. The average Bonchev–Trinajstić information content (AvgIpc) is 3.63. The van der Waals surface area contributed by atoms with Crippen molar-refractivity contribution in [3.05, 3.63) is 87.6 Å². The van der Waals surface area contributed by atoms with E-state index in [2.05, 4.69) is 4.90 Å². The molecule has 0 unspecified atom stereocenters. The number of carbonyl (C=O) groups is 2. The first-order valence-corrected chi connectivity index (χ1v) is 13.9. The molecule has 0 radical (unpaired) electrons. The van der Waals surface area contributed by atoms with Gasteiger partial charge in [0, 0.05) is 30.1 Å². The topological polar surface area (TPSA) is 53.1 Å². The molecule has 2 aliphatic rings. The first-order valence-electron chi connectivity index (χ1n) is 13.0. The second-order valence-electron chi connectivity index (χ2n) is 9.70. The molecule has 0 saturated carbocycles. The van der Waals surface area contributed by atoms with Gasteiger partial charge < -0.3 is 19.4 Å². The van der Waals surface area contributed by atoms with Gasteiger partial charge in [0.1, 0.15) is 30.5 Å². The van der Waals surface area contributed by atoms with E-state index >= 15 is 0 Å². The zero-order valence-electron chi connectivity index (χ0n) is 21.2. The Bertz CT molecular complexity index is 1240. The van der Waals surface area contributed by atoms with Gasteiger partial charge in [0.05, 0.1) is 6.04 Å². The van der Waals surface area contributed by atoms with Crippen LogP contribution in [0.1, 0.15) is 39.7 Å². The Morgan fingerprint density at radius 1 is 0.947 bits per heavy atom. The second kappa shape index (κ2) is 12.0. The summed E-state index contributed by atoms with van der Waals surface area (Å²) >= 11 is 1.66. The van der Waals surface area contributed by atoms with Gasteiger partial charge in [0.15, 0.2) is 0 Å². The van der Waals surface area contributed by atoms with Gasteiger partial charge in [-0.1, -0.05) is 0 Å². The first kappa shape index (κ1) is 26.3. The minimum atomic E-state index is -0.412. The van der Waals surface area contributed by atoms with Crippen molar-refractivity contribution in [1.82, 2.24) is 14.7 Å². The lowest BCUT2D eigenvalue weighted by Crippen LogP contribution is -2.49. The second-order valence-corrected chi connectivity index (χ2v) is 10.7. The lowest BCUT2D eigenvalue weighted by Gasteiger charge is -2.37. The fourth-order valence-electron chi connectivity index (χ4n) is 5.13. The van der Waals surface area contributed by atoms with Crippen LogP contribution >= 0.6 is 11.3 Å². The maximum Gasteiger partial charge on any atom is 0.254 e. The highest BCUT2D eigenvalue weighted by Crippen LogP contribution is 2.34. The Kier molecular flexibility index (Phi) is 8.34. The third-order valence-electron chi connectivity index (χ3n) is 7.23. The molecule has 2 aromatic carbocycles. The highest BCUT2D eigenvalue weighted by atomic mass is 32.1. The summed E-state index contributed by atoms with van der Waals surface area (Å²) < 4.78 is 32.8. The maximum atomic E-state index is 13.7. The van der Waals surface area contributed by atoms with Crippen molar-refractivity contribution in [2.45, 2.75) is 25.3 Å². The van der Waals surface area contributed by atoms with E-state index in [9.17, 15) is 18.4 Å². The molecule has 5 rings (SSSR count). The van der Waals surface area contributed by atoms with Gasteiger partial charge in [0.2, 0.25) is 5.91 Å². The number of thiophene rings is 1. The van der Waals surface area contributed by atoms with E-state index < -0.39 is 5.82 Å². The SMILES string of the molecule is O=C(c1ccc(F)cc1)N(CCN1CCCC1)CC(=O)N1CCc2sccc2[C@H]1COc1ccc(F)cc1. The van der Waals surface area contributed by atoms with Crippen LogP contribution in [0.5, 0.6) is 5.75 Å². The van der Waals surface area contributed by atoms with Crippen molar-refractivity contribution in [3.8, 4) is 5.75 Å². The third kappa shape index (κ3) is 6.22. The minimum Gasteiger partial charge on any atom is -0.491 e. The molecule has 1 aromatic heterocycles. The Morgan fingerprint density at radius 2 is 1.63 bits per heavy atom. The quantitative estimate of drug-likeness (QED) is 0.393. The number of hydrogen-bond acceptors (Lipinski definition) is 5. The van der Waals surface area contributed by atoms with Gasteiger partial charge in [0.25, 0.3) is 5.91 Å². The molecule has 2 aliphatic heterocycles. The van der Waals surface area contributed by atoms with E-state index in [-0.39, 0.29) is 36.8 Å². The lowest BCUT2D eigenvalue weighted by molar-refractivity contribution is -0.135. The van der Waals surface area contributed by atoms with Crippen LogP contribution in [-0.2, 0) is 11.2 Å². The van der Waals surface area contributed by atoms with E-state index in [1.165, 1.54) is 41.3 Å². The van der Waals surface area contributed by atoms with Crippen LogP contribution in [0.15, 0.2) is 60.0 Å². The number of benzene rings is 2. The predicted octanol–water partition coefficient (Wildman–Crippen LogP) is 4.77. The fraction of sp³-hybridized carbons (Fsp3) is 0.379. The Hall–Kier alpha value is -3.30. The number of hydrogen-bond donors (Lipinski definition) is 0. The van der Waals surface area contributed by atoms with Crippen LogP contribution in [-0.4, -0.2) is 72.4 Å². The van der Waals surface area contributed by atoms with E-state index in [4.69, 9.17) is 4.74 Å². The number of likely N-dealkylation sites (tertiary alicyclic amines) is 1. The maximum absolute atomic E-state index is 13.7. The zero-order chi connectivity index (χ0) is 26.5.